The molecule has 11 heteroatoms. The minimum absolute atomic E-state index is 0. The second kappa shape index (κ2) is 49.5. The van der Waals surface area contributed by atoms with Crippen LogP contribution in [-0.2, 0) is 9.59 Å². The third kappa shape index (κ3) is 51.5. The number of aliphatic hydroxyl groups excluding tert-OH is 6. The number of rotatable bonds is 37. The Labute approximate surface area is 341 Å². The number of carbonyl (C=O) groups is 2. The molecule has 4 atom stereocenters. The Kier molecular flexibility index (Phi) is 55.2. The van der Waals surface area contributed by atoms with Crippen molar-refractivity contribution in [3.63, 3.8) is 0 Å². The summed E-state index contributed by atoms with van der Waals surface area (Å²) in [5, 5.41) is 72.6. The molecule has 0 saturated carbocycles. The molecule has 0 aliphatic heterocycles. The van der Waals surface area contributed by atoms with Gasteiger partial charge in [0.15, 0.2) is 0 Å². The third-order valence-corrected chi connectivity index (χ3v) is 9.48. The first kappa shape index (κ1) is 59.2. The molecule has 10 nitrogen and oxygen atoms in total. The van der Waals surface area contributed by atoms with Crippen molar-refractivity contribution in [3.8, 4) is 0 Å². The Morgan fingerprint density at radius 1 is 0.377 bits per heavy atom. The molecule has 0 amide bonds. The van der Waals surface area contributed by atoms with Gasteiger partial charge in [0.05, 0.1) is 13.2 Å². The van der Waals surface area contributed by atoms with Crippen LogP contribution in [0.4, 0.5) is 0 Å². The van der Waals surface area contributed by atoms with Gasteiger partial charge in [-0.1, -0.05) is 194 Å². The topological polar surface area (TPSA) is 202 Å². The molecule has 0 bridgehead atoms. The van der Waals surface area contributed by atoms with Crippen LogP contribution in [0.2, 0.25) is 0 Å². The van der Waals surface area contributed by atoms with Crippen molar-refractivity contribution < 1.29 is 50.4 Å². The SMILES string of the molecule is CCCCCCCCCCCCCCCCCC(=O)[O-].CCCCCCCCCCCCCCCCCC(=O)[O-].OCC(O)C(O)C(O)C(O)CO.[Mg+2]. The predicted octanol–water partition coefficient (Wildman–Crippen LogP) is 6.03. The van der Waals surface area contributed by atoms with E-state index in [0.717, 1.165) is 25.7 Å². The quantitative estimate of drug-likeness (QED) is 0.0320. The number of aliphatic hydroxyl groups is 6. The standard InChI is InChI=1S/2C18H36O2.C6H14O6.Mg/c2*1-2-3-4-5-6-7-8-9-10-11-12-13-14-15-16-17-18(19)20;7-1-3(9)5(11)6(12)4(10)2-8;/h2*2-17H2,1H3,(H,19,20);3-12H,1-2H2;/q;;;+2/p-2. The van der Waals surface area contributed by atoms with Crippen LogP contribution in [0.5, 0.6) is 0 Å². The number of hydrogen-bond donors (Lipinski definition) is 6. The van der Waals surface area contributed by atoms with Gasteiger partial charge in [-0.3, -0.25) is 0 Å². The van der Waals surface area contributed by atoms with Crippen LogP contribution in [0.1, 0.15) is 219 Å². The van der Waals surface area contributed by atoms with Crippen molar-refractivity contribution in [2.45, 2.75) is 244 Å². The fourth-order valence-corrected chi connectivity index (χ4v) is 5.95. The molecule has 0 fully saturated rings. The van der Waals surface area contributed by atoms with E-state index in [4.69, 9.17) is 30.6 Å². The summed E-state index contributed by atoms with van der Waals surface area (Å²) < 4.78 is 0. The summed E-state index contributed by atoms with van der Waals surface area (Å²) in [4.78, 5) is 20.4. The van der Waals surface area contributed by atoms with Gasteiger partial charge >= 0.3 is 23.1 Å². The van der Waals surface area contributed by atoms with Gasteiger partial charge in [0, 0.05) is 11.9 Å². The van der Waals surface area contributed by atoms with E-state index in [9.17, 15) is 19.8 Å². The molecule has 0 aromatic carbocycles. The average Bonchev–Trinajstić information content (AvgIpc) is 3.13. The first-order valence-electron chi connectivity index (χ1n) is 21.4. The maximum atomic E-state index is 10.2. The molecule has 0 rings (SSSR count). The number of unbranched alkanes of at least 4 members (excludes halogenated alkanes) is 28. The maximum absolute atomic E-state index is 10.2. The molecule has 53 heavy (non-hydrogen) atoms. The first-order valence-corrected chi connectivity index (χ1v) is 21.4. The number of carbonyl (C=O) groups excluding carboxylic acids is 2. The smallest absolute Gasteiger partial charge is 0.550 e. The second-order valence-electron chi connectivity index (χ2n) is 14.6. The summed E-state index contributed by atoms with van der Waals surface area (Å²) in [5.74, 6) is -1.81. The maximum Gasteiger partial charge on any atom is 2.00 e. The van der Waals surface area contributed by atoms with E-state index in [0.29, 0.717) is 0 Å². The number of aliphatic carboxylic acids is 2. The fourth-order valence-electron chi connectivity index (χ4n) is 5.95. The second-order valence-corrected chi connectivity index (χ2v) is 14.6. The van der Waals surface area contributed by atoms with Crippen LogP contribution in [0.15, 0.2) is 0 Å². The summed E-state index contributed by atoms with van der Waals surface area (Å²) in [7, 11) is 0. The molecule has 0 spiro atoms. The summed E-state index contributed by atoms with van der Waals surface area (Å²) in [6.45, 7) is 3.08. The van der Waals surface area contributed by atoms with Gasteiger partial charge in [0.25, 0.3) is 0 Å². The molecule has 314 valence electrons. The van der Waals surface area contributed by atoms with Gasteiger partial charge in [-0.25, -0.2) is 0 Å². The van der Waals surface area contributed by atoms with E-state index in [-0.39, 0.29) is 35.9 Å². The van der Waals surface area contributed by atoms with Gasteiger partial charge in [-0.15, -0.1) is 0 Å². The molecule has 0 aromatic rings. The van der Waals surface area contributed by atoms with E-state index in [1.807, 2.05) is 0 Å². The number of carboxylic acids is 2. The zero-order valence-electron chi connectivity index (χ0n) is 34.4. The Balaban J connectivity index is -0.000000348. The van der Waals surface area contributed by atoms with Gasteiger partial charge in [0.1, 0.15) is 24.4 Å². The Bertz CT molecular complexity index is 657. The largest absolute Gasteiger partial charge is 2.00 e. The van der Waals surface area contributed by atoms with E-state index in [1.165, 1.54) is 167 Å². The molecular weight excluding hydrogens is 689 g/mol. The van der Waals surface area contributed by atoms with E-state index >= 15 is 0 Å². The third-order valence-electron chi connectivity index (χ3n) is 9.48. The molecule has 0 heterocycles. The zero-order chi connectivity index (χ0) is 39.5. The van der Waals surface area contributed by atoms with Crippen LogP contribution < -0.4 is 10.2 Å². The Morgan fingerprint density at radius 3 is 0.698 bits per heavy atom. The molecule has 4 unspecified atom stereocenters. The fraction of sp³-hybridized carbons (Fsp3) is 0.952. The van der Waals surface area contributed by atoms with Crippen molar-refractivity contribution in [3.05, 3.63) is 0 Å². The predicted molar refractivity (Wildman–Crippen MR) is 213 cm³/mol. The Morgan fingerprint density at radius 2 is 0.547 bits per heavy atom. The van der Waals surface area contributed by atoms with E-state index < -0.39 is 49.6 Å². The monoisotopic (exact) mass is 773 g/mol. The van der Waals surface area contributed by atoms with Gasteiger partial charge in [-0.05, 0) is 25.7 Å². The number of hydrogen-bond acceptors (Lipinski definition) is 10. The molecule has 0 saturated heterocycles. The molecule has 0 aliphatic carbocycles. The molecular formula is C42H84MgO10. The number of carboxylic acid groups (broad SMARTS) is 2. The molecule has 0 aliphatic rings. The van der Waals surface area contributed by atoms with Crippen LogP contribution in [0, 0.1) is 0 Å². The molecule has 6 N–H and O–H groups in total. The summed E-state index contributed by atoms with van der Waals surface area (Å²) in [6, 6.07) is 0. The van der Waals surface area contributed by atoms with Crippen LogP contribution in [-0.4, -0.2) is 103 Å². The summed E-state index contributed by atoms with van der Waals surface area (Å²) in [5.41, 5.74) is 0. The minimum atomic E-state index is -1.67. The summed E-state index contributed by atoms with van der Waals surface area (Å²) >= 11 is 0. The van der Waals surface area contributed by atoms with Crippen LogP contribution >= 0.6 is 0 Å². The Hall–Kier alpha value is -0.534. The van der Waals surface area contributed by atoms with Crippen molar-refractivity contribution in [2.75, 3.05) is 13.2 Å². The average molecular weight is 773 g/mol. The van der Waals surface area contributed by atoms with Crippen LogP contribution in [0.3, 0.4) is 0 Å². The van der Waals surface area contributed by atoms with E-state index in [2.05, 4.69) is 13.8 Å². The van der Waals surface area contributed by atoms with Gasteiger partial charge in [-0.2, -0.15) is 0 Å². The van der Waals surface area contributed by atoms with E-state index in [1.54, 1.807) is 0 Å². The van der Waals surface area contributed by atoms with Crippen molar-refractivity contribution in [1.29, 1.82) is 0 Å². The van der Waals surface area contributed by atoms with Gasteiger partial charge < -0.3 is 50.4 Å². The molecule has 0 radical (unpaired) electrons. The van der Waals surface area contributed by atoms with Crippen LogP contribution in [0.25, 0.3) is 0 Å². The van der Waals surface area contributed by atoms with Crippen molar-refractivity contribution in [2.24, 2.45) is 0 Å². The van der Waals surface area contributed by atoms with Crippen molar-refractivity contribution >= 4 is 35.0 Å². The molecule has 0 aromatic heterocycles. The summed E-state index contributed by atoms with van der Waals surface area (Å²) in [6.07, 6.45) is 33.3. The van der Waals surface area contributed by atoms with Crippen molar-refractivity contribution in [1.82, 2.24) is 0 Å². The normalized spacial score (nSPS) is 13.1. The zero-order valence-corrected chi connectivity index (χ0v) is 35.8. The first-order chi connectivity index (χ1) is 25.1. The van der Waals surface area contributed by atoms with Gasteiger partial charge in [0.2, 0.25) is 0 Å². The minimum Gasteiger partial charge on any atom is -0.550 e.